The SMILES string of the molecule is Cc1ccnc(NC(=S)NCCSCc2c(F)cccc2Cl)c1. The molecule has 0 saturated carbocycles. The maximum absolute atomic E-state index is 13.6. The molecule has 122 valence electrons. The van der Waals surface area contributed by atoms with Crippen molar-refractivity contribution in [1.82, 2.24) is 10.3 Å². The quantitative estimate of drug-likeness (QED) is 0.583. The number of aromatic nitrogens is 1. The summed E-state index contributed by atoms with van der Waals surface area (Å²) in [5.41, 5.74) is 1.66. The Morgan fingerprint density at radius 3 is 2.96 bits per heavy atom. The van der Waals surface area contributed by atoms with Gasteiger partial charge in [0.15, 0.2) is 5.11 Å². The van der Waals surface area contributed by atoms with E-state index in [1.54, 1.807) is 30.1 Å². The average Bonchev–Trinajstić information content (AvgIpc) is 2.49. The largest absolute Gasteiger partial charge is 0.362 e. The van der Waals surface area contributed by atoms with E-state index >= 15 is 0 Å². The number of nitrogens with one attached hydrogen (secondary N) is 2. The molecular weight excluding hydrogens is 353 g/mol. The molecule has 2 aromatic rings. The fourth-order valence-electron chi connectivity index (χ4n) is 1.85. The van der Waals surface area contributed by atoms with Gasteiger partial charge in [0, 0.05) is 34.8 Å². The lowest BCUT2D eigenvalue weighted by atomic mass is 10.2. The fraction of sp³-hybridized carbons (Fsp3) is 0.250. The lowest BCUT2D eigenvalue weighted by Crippen LogP contribution is -2.30. The Labute approximate surface area is 150 Å². The third kappa shape index (κ3) is 5.97. The molecule has 23 heavy (non-hydrogen) atoms. The Balaban J connectivity index is 1.68. The number of pyridine rings is 1. The van der Waals surface area contributed by atoms with Crippen LogP contribution in [-0.4, -0.2) is 22.4 Å². The van der Waals surface area contributed by atoms with Gasteiger partial charge in [-0.15, -0.1) is 0 Å². The first-order valence-electron chi connectivity index (χ1n) is 7.04. The minimum Gasteiger partial charge on any atom is -0.362 e. The van der Waals surface area contributed by atoms with E-state index in [1.165, 1.54) is 6.07 Å². The zero-order valence-electron chi connectivity index (χ0n) is 12.6. The third-order valence-electron chi connectivity index (χ3n) is 3.00. The molecular formula is C16H17ClFN3S2. The van der Waals surface area contributed by atoms with Crippen molar-refractivity contribution in [2.75, 3.05) is 17.6 Å². The van der Waals surface area contributed by atoms with Crippen molar-refractivity contribution in [2.45, 2.75) is 12.7 Å². The minimum absolute atomic E-state index is 0.263. The molecule has 0 spiro atoms. The minimum atomic E-state index is -0.263. The smallest absolute Gasteiger partial charge is 0.171 e. The zero-order chi connectivity index (χ0) is 16.7. The van der Waals surface area contributed by atoms with Crippen LogP contribution >= 0.6 is 35.6 Å². The molecule has 0 saturated heterocycles. The van der Waals surface area contributed by atoms with Gasteiger partial charge in [-0.1, -0.05) is 17.7 Å². The number of hydrogen-bond donors (Lipinski definition) is 2. The molecule has 0 bridgehead atoms. The first-order chi connectivity index (χ1) is 11.1. The van der Waals surface area contributed by atoms with Crippen LogP contribution in [0.4, 0.5) is 10.2 Å². The lowest BCUT2D eigenvalue weighted by Gasteiger charge is -2.10. The average molecular weight is 370 g/mol. The predicted molar refractivity (Wildman–Crippen MR) is 101 cm³/mol. The van der Waals surface area contributed by atoms with Crippen LogP contribution in [-0.2, 0) is 5.75 Å². The van der Waals surface area contributed by atoms with Crippen LogP contribution in [0.5, 0.6) is 0 Å². The highest BCUT2D eigenvalue weighted by Gasteiger charge is 2.06. The van der Waals surface area contributed by atoms with Crippen molar-refractivity contribution in [3.05, 3.63) is 58.5 Å². The van der Waals surface area contributed by atoms with Gasteiger partial charge in [0.1, 0.15) is 11.6 Å². The number of anilines is 1. The van der Waals surface area contributed by atoms with E-state index in [4.69, 9.17) is 23.8 Å². The van der Waals surface area contributed by atoms with Crippen molar-refractivity contribution in [3.63, 3.8) is 0 Å². The number of nitrogens with zero attached hydrogens (tertiary/aromatic N) is 1. The van der Waals surface area contributed by atoms with Crippen LogP contribution in [0.25, 0.3) is 0 Å². The molecule has 1 aromatic carbocycles. The maximum Gasteiger partial charge on any atom is 0.171 e. The van der Waals surface area contributed by atoms with Crippen LogP contribution in [0.3, 0.4) is 0 Å². The Hall–Kier alpha value is -1.37. The number of halogens is 2. The van der Waals surface area contributed by atoms with Crippen LogP contribution in [0.1, 0.15) is 11.1 Å². The predicted octanol–water partition coefficient (Wildman–Crippen LogP) is 4.40. The van der Waals surface area contributed by atoms with Gasteiger partial charge in [-0.2, -0.15) is 11.8 Å². The van der Waals surface area contributed by atoms with Crippen molar-refractivity contribution in [1.29, 1.82) is 0 Å². The molecule has 2 rings (SSSR count). The highest BCUT2D eigenvalue weighted by Crippen LogP contribution is 2.23. The maximum atomic E-state index is 13.6. The molecule has 0 unspecified atom stereocenters. The monoisotopic (exact) mass is 369 g/mol. The lowest BCUT2D eigenvalue weighted by molar-refractivity contribution is 0.617. The van der Waals surface area contributed by atoms with Gasteiger partial charge in [-0.25, -0.2) is 9.37 Å². The molecule has 0 aliphatic heterocycles. The van der Waals surface area contributed by atoms with Crippen LogP contribution in [0, 0.1) is 12.7 Å². The standard InChI is InChI=1S/C16H17ClFN3S2/c1-11-5-6-19-15(9-11)21-16(22)20-7-8-23-10-12-13(17)3-2-4-14(12)18/h2-6,9H,7-8,10H2,1H3,(H2,19,20,21,22). The summed E-state index contributed by atoms with van der Waals surface area (Å²) >= 11 is 12.8. The number of benzene rings is 1. The Morgan fingerprint density at radius 1 is 1.39 bits per heavy atom. The molecule has 0 radical (unpaired) electrons. The van der Waals surface area contributed by atoms with Crippen molar-refractivity contribution in [3.8, 4) is 0 Å². The van der Waals surface area contributed by atoms with Gasteiger partial charge in [-0.3, -0.25) is 0 Å². The number of thioether (sulfide) groups is 1. The summed E-state index contributed by atoms with van der Waals surface area (Å²) in [4.78, 5) is 4.18. The van der Waals surface area contributed by atoms with Crippen molar-refractivity contribution < 1.29 is 4.39 Å². The van der Waals surface area contributed by atoms with Crippen LogP contribution in [0.15, 0.2) is 36.5 Å². The first-order valence-corrected chi connectivity index (χ1v) is 8.98. The molecule has 3 nitrogen and oxygen atoms in total. The van der Waals surface area contributed by atoms with Gasteiger partial charge in [0.25, 0.3) is 0 Å². The summed E-state index contributed by atoms with van der Waals surface area (Å²) < 4.78 is 13.6. The topological polar surface area (TPSA) is 37.0 Å². The fourth-order valence-corrected chi connectivity index (χ4v) is 3.25. The molecule has 2 N–H and O–H groups in total. The van der Waals surface area contributed by atoms with E-state index in [1.807, 2.05) is 19.1 Å². The number of thiocarbonyl (C=S) groups is 1. The van der Waals surface area contributed by atoms with Gasteiger partial charge < -0.3 is 10.6 Å². The highest BCUT2D eigenvalue weighted by molar-refractivity contribution is 7.98. The van der Waals surface area contributed by atoms with Gasteiger partial charge >= 0.3 is 0 Å². The van der Waals surface area contributed by atoms with E-state index in [9.17, 15) is 4.39 Å². The Bertz CT molecular complexity index is 662. The normalized spacial score (nSPS) is 10.4. The van der Waals surface area contributed by atoms with E-state index in [-0.39, 0.29) is 5.82 Å². The summed E-state index contributed by atoms with van der Waals surface area (Å²) in [6, 6.07) is 8.58. The van der Waals surface area contributed by atoms with Gasteiger partial charge in [-0.05, 0) is 49.0 Å². The first kappa shape index (κ1) is 18.0. The molecule has 0 fully saturated rings. The van der Waals surface area contributed by atoms with Crippen molar-refractivity contribution in [2.24, 2.45) is 0 Å². The van der Waals surface area contributed by atoms with Crippen LogP contribution in [0.2, 0.25) is 5.02 Å². The third-order valence-corrected chi connectivity index (χ3v) is 4.58. The van der Waals surface area contributed by atoms with Crippen molar-refractivity contribution >= 4 is 46.5 Å². The highest BCUT2D eigenvalue weighted by atomic mass is 35.5. The number of rotatable bonds is 6. The van der Waals surface area contributed by atoms with Gasteiger partial charge in [0.2, 0.25) is 0 Å². The van der Waals surface area contributed by atoms with Crippen LogP contribution < -0.4 is 10.6 Å². The summed E-state index contributed by atoms with van der Waals surface area (Å²) in [6.45, 7) is 2.67. The molecule has 0 aliphatic rings. The molecule has 7 heteroatoms. The molecule has 0 amide bonds. The number of aryl methyl sites for hydroxylation is 1. The van der Waals surface area contributed by atoms with E-state index < -0.39 is 0 Å². The molecule has 0 aliphatic carbocycles. The van der Waals surface area contributed by atoms with E-state index in [0.717, 1.165) is 11.3 Å². The van der Waals surface area contributed by atoms with E-state index in [0.29, 0.717) is 33.8 Å². The number of hydrogen-bond acceptors (Lipinski definition) is 3. The zero-order valence-corrected chi connectivity index (χ0v) is 15.0. The summed E-state index contributed by atoms with van der Waals surface area (Å²) in [5, 5.41) is 7.11. The molecule has 1 aromatic heterocycles. The molecule has 0 atom stereocenters. The second kappa shape index (κ2) is 9.05. The molecule has 1 heterocycles. The summed E-state index contributed by atoms with van der Waals surface area (Å²) in [7, 11) is 0. The van der Waals surface area contributed by atoms with Gasteiger partial charge in [0.05, 0.1) is 0 Å². The second-order valence-electron chi connectivity index (χ2n) is 4.85. The Morgan fingerprint density at radius 2 is 2.22 bits per heavy atom. The summed E-state index contributed by atoms with van der Waals surface area (Å²) in [6.07, 6.45) is 1.73. The second-order valence-corrected chi connectivity index (χ2v) is 6.77. The summed E-state index contributed by atoms with van der Waals surface area (Å²) in [5.74, 6) is 1.77. The Kier molecular flexibility index (Phi) is 7.08. The van der Waals surface area contributed by atoms with E-state index in [2.05, 4.69) is 15.6 Å².